The van der Waals surface area contributed by atoms with E-state index in [1.165, 1.54) is 379 Å². The van der Waals surface area contributed by atoms with Crippen molar-refractivity contribution >= 4 is 19.8 Å². The lowest BCUT2D eigenvalue weighted by atomic mass is 10.0. The fraction of sp³-hybridized carbons (Fsp3) is 0.907. The van der Waals surface area contributed by atoms with Crippen LogP contribution in [0.4, 0.5) is 0 Å². The topological polar surface area (TPSA) is 111 Å². The molecule has 0 bridgehead atoms. The quantitative estimate of drug-likeness (QED) is 0.0195. The predicted molar refractivity (Wildman–Crippen MR) is 416 cm³/mol. The molecule has 96 heavy (non-hydrogen) atoms. The Bertz CT molecular complexity index is 1710. The lowest BCUT2D eigenvalue weighted by molar-refractivity contribution is -0.870. The second kappa shape index (κ2) is 77.4. The molecular formula is C86H166NO8P. The standard InChI is InChI=1S/C86H166NO8P/c1-6-8-10-12-14-16-18-20-22-24-26-28-30-32-34-36-38-40-42-43-45-46-48-50-52-54-56-58-60-62-64-66-68-70-72-74-76-78-85(88)92-82-84(83-94-96(90,91)93-81-80-87(3,4)5)95-86(89)79-77-75-73-71-69-67-65-63-61-59-57-55-53-51-49-47-44-41-39-37-35-33-31-29-27-25-23-21-19-17-15-13-11-9-7-2/h19,21,24-27,84H,6-18,20,22-23,28-83H2,1-5H3/b21-19-,26-24-,27-25-. The summed E-state index contributed by atoms with van der Waals surface area (Å²) in [5.41, 5.74) is 0. The van der Waals surface area contributed by atoms with Crippen LogP contribution in [0.3, 0.4) is 0 Å². The number of quaternary nitrogens is 1. The van der Waals surface area contributed by atoms with Crippen LogP contribution in [-0.4, -0.2) is 70.0 Å². The molecule has 0 aliphatic rings. The van der Waals surface area contributed by atoms with Crippen molar-refractivity contribution in [2.45, 2.75) is 457 Å². The Balaban J connectivity index is 3.87. The first kappa shape index (κ1) is 94.2. The fourth-order valence-electron chi connectivity index (χ4n) is 13.1. The van der Waals surface area contributed by atoms with Gasteiger partial charge in [-0.1, -0.05) is 403 Å². The van der Waals surface area contributed by atoms with Gasteiger partial charge in [0.25, 0.3) is 7.82 Å². The highest BCUT2D eigenvalue weighted by Crippen LogP contribution is 2.38. The number of allylic oxidation sites excluding steroid dienone is 6. The SMILES string of the molecule is CCCCCCC/C=C\C/C=C\CCCCCCCCCCCCCCCCCCCCCCCCCC(=O)OC(COC(=O)CCCCCCCCCCCCCCCCCCCCCCCCCCC/C=C\CCCCCCCCCC)COP(=O)([O-])OCC[N+](C)(C)C. The number of nitrogens with zero attached hydrogens (tertiary/aromatic N) is 1. The van der Waals surface area contributed by atoms with Gasteiger partial charge in [-0.15, -0.1) is 0 Å². The summed E-state index contributed by atoms with van der Waals surface area (Å²) in [5.74, 6) is -0.805. The van der Waals surface area contributed by atoms with Crippen molar-refractivity contribution in [2.24, 2.45) is 0 Å². The smallest absolute Gasteiger partial charge is 0.306 e. The third kappa shape index (κ3) is 81.2. The number of carbonyl (C=O) groups is 2. The first-order valence-corrected chi connectivity index (χ1v) is 44.2. The zero-order valence-corrected chi connectivity index (χ0v) is 66.0. The predicted octanol–water partition coefficient (Wildman–Crippen LogP) is 27.9. The van der Waals surface area contributed by atoms with Crippen LogP contribution in [0.1, 0.15) is 450 Å². The van der Waals surface area contributed by atoms with E-state index in [0.717, 1.165) is 38.5 Å². The maximum Gasteiger partial charge on any atom is 0.306 e. The summed E-state index contributed by atoms with van der Waals surface area (Å²) in [6.45, 7) is 4.32. The summed E-state index contributed by atoms with van der Waals surface area (Å²) in [6.07, 6.45) is 102. The molecule has 0 amide bonds. The minimum Gasteiger partial charge on any atom is -0.756 e. The second-order valence-electron chi connectivity index (χ2n) is 30.5. The first-order chi connectivity index (χ1) is 47.0. The van der Waals surface area contributed by atoms with E-state index in [0.29, 0.717) is 17.4 Å². The number of hydrogen-bond donors (Lipinski definition) is 0. The maximum absolute atomic E-state index is 12.9. The highest BCUT2D eigenvalue weighted by atomic mass is 31.2. The summed E-state index contributed by atoms with van der Waals surface area (Å²) in [5, 5.41) is 0. The largest absolute Gasteiger partial charge is 0.756 e. The highest BCUT2D eigenvalue weighted by Gasteiger charge is 2.22. The van der Waals surface area contributed by atoms with Crippen molar-refractivity contribution in [1.82, 2.24) is 0 Å². The summed E-state index contributed by atoms with van der Waals surface area (Å²) in [4.78, 5) is 38.2. The Labute approximate surface area is 599 Å². The molecule has 0 saturated carbocycles. The van der Waals surface area contributed by atoms with Gasteiger partial charge in [0.1, 0.15) is 19.8 Å². The third-order valence-electron chi connectivity index (χ3n) is 19.6. The molecule has 10 heteroatoms. The van der Waals surface area contributed by atoms with Crippen LogP contribution < -0.4 is 4.89 Å². The lowest BCUT2D eigenvalue weighted by Crippen LogP contribution is -2.37. The fourth-order valence-corrected chi connectivity index (χ4v) is 13.8. The molecule has 0 heterocycles. The Morgan fingerprint density at radius 2 is 0.562 bits per heavy atom. The van der Waals surface area contributed by atoms with Gasteiger partial charge in [0.05, 0.1) is 27.7 Å². The third-order valence-corrected chi connectivity index (χ3v) is 20.6. The number of hydrogen-bond acceptors (Lipinski definition) is 8. The summed E-state index contributed by atoms with van der Waals surface area (Å²) in [6, 6.07) is 0. The maximum atomic E-state index is 12.9. The minimum atomic E-state index is -4.64. The summed E-state index contributed by atoms with van der Waals surface area (Å²) in [7, 11) is 1.19. The molecule has 0 aromatic rings. The number of ether oxygens (including phenoxy) is 2. The number of phosphoric acid groups is 1. The monoisotopic (exact) mass is 1370 g/mol. The zero-order chi connectivity index (χ0) is 69.7. The van der Waals surface area contributed by atoms with E-state index in [1.807, 2.05) is 21.1 Å². The first-order valence-electron chi connectivity index (χ1n) is 42.7. The van der Waals surface area contributed by atoms with E-state index < -0.39 is 26.5 Å². The number of phosphoric ester groups is 1. The molecule has 0 radical (unpaired) electrons. The number of carbonyl (C=O) groups excluding carboxylic acids is 2. The van der Waals surface area contributed by atoms with Gasteiger partial charge in [0, 0.05) is 12.8 Å². The number of unbranched alkanes of at least 4 members (excludes halogenated alkanes) is 61. The van der Waals surface area contributed by atoms with E-state index in [-0.39, 0.29) is 32.0 Å². The summed E-state index contributed by atoms with van der Waals surface area (Å²) >= 11 is 0. The average molecular weight is 1370 g/mol. The average Bonchev–Trinajstić information content (AvgIpc) is 2.74. The van der Waals surface area contributed by atoms with E-state index in [4.69, 9.17) is 18.5 Å². The molecule has 0 fully saturated rings. The molecule has 568 valence electrons. The van der Waals surface area contributed by atoms with Gasteiger partial charge in [0.15, 0.2) is 6.10 Å². The number of likely N-dealkylation sites (N-methyl/N-ethyl adjacent to an activating group) is 1. The van der Waals surface area contributed by atoms with Crippen LogP contribution in [0.25, 0.3) is 0 Å². The molecule has 0 aromatic heterocycles. The molecule has 0 rings (SSSR count). The molecule has 0 aliphatic heterocycles. The lowest BCUT2D eigenvalue weighted by Gasteiger charge is -2.28. The van der Waals surface area contributed by atoms with Crippen molar-refractivity contribution < 1.29 is 42.1 Å². The van der Waals surface area contributed by atoms with Crippen LogP contribution in [0.5, 0.6) is 0 Å². The molecular weight excluding hydrogens is 1210 g/mol. The van der Waals surface area contributed by atoms with E-state index >= 15 is 0 Å². The molecule has 2 unspecified atom stereocenters. The summed E-state index contributed by atoms with van der Waals surface area (Å²) < 4.78 is 34.5. The molecule has 0 aromatic carbocycles. The highest BCUT2D eigenvalue weighted by molar-refractivity contribution is 7.45. The van der Waals surface area contributed by atoms with Gasteiger partial charge in [-0.25, -0.2) is 0 Å². The number of rotatable bonds is 81. The van der Waals surface area contributed by atoms with Gasteiger partial charge < -0.3 is 27.9 Å². The Morgan fingerprint density at radius 3 is 0.833 bits per heavy atom. The van der Waals surface area contributed by atoms with Gasteiger partial charge in [0.2, 0.25) is 0 Å². The molecule has 0 N–H and O–H groups in total. The van der Waals surface area contributed by atoms with Crippen molar-refractivity contribution in [1.29, 1.82) is 0 Å². The van der Waals surface area contributed by atoms with Crippen LogP contribution in [-0.2, 0) is 32.7 Å². The molecule has 9 nitrogen and oxygen atoms in total. The molecule has 0 spiro atoms. The van der Waals surface area contributed by atoms with Crippen molar-refractivity contribution in [2.75, 3.05) is 47.5 Å². The van der Waals surface area contributed by atoms with Gasteiger partial charge in [-0.3, -0.25) is 14.2 Å². The minimum absolute atomic E-state index is 0.0268. The van der Waals surface area contributed by atoms with E-state index in [2.05, 4.69) is 50.3 Å². The van der Waals surface area contributed by atoms with Crippen LogP contribution in [0, 0.1) is 0 Å². The normalized spacial score (nSPS) is 13.1. The van der Waals surface area contributed by atoms with E-state index in [1.54, 1.807) is 0 Å². The van der Waals surface area contributed by atoms with Crippen LogP contribution in [0.15, 0.2) is 36.5 Å². The Hall–Kier alpha value is -1.77. The molecule has 0 saturated heterocycles. The Morgan fingerprint density at radius 1 is 0.323 bits per heavy atom. The molecule has 0 aliphatic carbocycles. The van der Waals surface area contributed by atoms with E-state index in [9.17, 15) is 19.0 Å². The van der Waals surface area contributed by atoms with Gasteiger partial charge in [-0.2, -0.15) is 0 Å². The van der Waals surface area contributed by atoms with Crippen molar-refractivity contribution in [3.05, 3.63) is 36.5 Å². The van der Waals surface area contributed by atoms with Crippen LogP contribution in [0.2, 0.25) is 0 Å². The van der Waals surface area contributed by atoms with Gasteiger partial charge in [-0.05, 0) is 70.6 Å². The van der Waals surface area contributed by atoms with Gasteiger partial charge >= 0.3 is 11.9 Å². The molecule has 2 atom stereocenters. The second-order valence-corrected chi connectivity index (χ2v) is 32.0. The number of esters is 2. The zero-order valence-electron chi connectivity index (χ0n) is 65.1. The van der Waals surface area contributed by atoms with Crippen molar-refractivity contribution in [3.63, 3.8) is 0 Å². The van der Waals surface area contributed by atoms with Crippen LogP contribution >= 0.6 is 7.82 Å². The van der Waals surface area contributed by atoms with Crippen molar-refractivity contribution in [3.8, 4) is 0 Å². The Kier molecular flexibility index (Phi) is 76.0.